The number of nitrogens with one attached hydrogen (secondary N) is 1. The van der Waals surface area contributed by atoms with Crippen LogP contribution in [0.1, 0.15) is 22.6 Å². The van der Waals surface area contributed by atoms with E-state index in [1.807, 2.05) is 36.4 Å². The predicted octanol–water partition coefficient (Wildman–Crippen LogP) is 4.16. The smallest absolute Gasteiger partial charge is 0.407 e. The molecule has 1 amide bonds. The summed E-state index contributed by atoms with van der Waals surface area (Å²) >= 11 is 0. The summed E-state index contributed by atoms with van der Waals surface area (Å²) in [7, 11) is 0. The summed E-state index contributed by atoms with van der Waals surface area (Å²) in [5.41, 5.74) is 6.57. The number of aliphatic carboxylic acids is 1. The second-order valence-corrected chi connectivity index (χ2v) is 7.94. The third-order valence-electron chi connectivity index (χ3n) is 5.91. The van der Waals surface area contributed by atoms with Crippen LogP contribution in [0.5, 0.6) is 0 Å². The fourth-order valence-corrected chi connectivity index (χ4v) is 4.35. The molecule has 7 nitrogen and oxygen atoms in total. The number of hydrogen-bond donors (Lipinski definition) is 2. The Morgan fingerprint density at radius 1 is 0.909 bits per heavy atom. The van der Waals surface area contributed by atoms with Crippen molar-refractivity contribution < 1.29 is 19.4 Å². The monoisotopic (exact) mass is 439 g/mol. The van der Waals surface area contributed by atoms with E-state index in [1.54, 1.807) is 30.6 Å². The number of carboxylic acid groups (broad SMARTS) is 1. The van der Waals surface area contributed by atoms with Crippen molar-refractivity contribution in [2.75, 3.05) is 6.61 Å². The Morgan fingerprint density at radius 2 is 1.55 bits per heavy atom. The summed E-state index contributed by atoms with van der Waals surface area (Å²) in [6.07, 6.45) is 2.52. The number of ether oxygens (including phenoxy) is 1. The number of fused-ring (bicyclic) bond motifs is 4. The van der Waals surface area contributed by atoms with Crippen molar-refractivity contribution in [2.24, 2.45) is 0 Å². The summed E-state index contributed by atoms with van der Waals surface area (Å²) in [5.74, 6) is -1.23. The minimum Gasteiger partial charge on any atom is -0.480 e. The lowest BCUT2D eigenvalue weighted by molar-refractivity contribution is -0.139. The summed E-state index contributed by atoms with van der Waals surface area (Å²) in [6.45, 7) is 0.123. The first-order chi connectivity index (χ1) is 16.1. The van der Waals surface area contributed by atoms with Gasteiger partial charge in [0.25, 0.3) is 0 Å². The zero-order chi connectivity index (χ0) is 22.8. The van der Waals surface area contributed by atoms with Crippen LogP contribution in [0.25, 0.3) is 22.2 Å². The van der Waals surface area contributed by atoms with Crippen LogP contribution in [0.4, 0.5) is 4.79 Å². The van der Waals surface area contributed by atoms with Gasteiger partial charge in [0.15, 0.2) is 0 Å². The molecule has 0 radical (unpaired) electrons. The van der Waals surface area contributed by atoms with Crippen molar-refractivity contribution in [1.29, 1.82) is 0 Å². The van der Waals surface area contributed by atoms with Gasteiger partial charge in [0, 0.05) is 24.7 Å². The molecule has 3 aromatic carbocycles. The van der Waals surface area contributed by atoms with Crippen molar-refractivity contribution in [1.82, 2.24) is 15.3 Å². The van der Waals surface area contributed by atoms with Crippen molar-refractivity contribution in [3.05, 3.63) is 95.8 Å². The largest absolute Gasteiger partial charge is 0.480 e. The van der Waals surface area contributed by atoms with Crippen LogP contribution in [-0.2, 0) is 16.0 Å². The molecule has 4 aromatic rings. The van der Waals surface area contributed by atoms with E-state index in [0.717, 1.165) is 33.3 Å². The quantitative estimate of drug-likeness (QED) is 0.468. The number of amides is 1. The molecule has 33 heavy (non-hydrogen) atoms. The van der Waals surface area contributed by atoms with Gasteiger partial charge in [-0.1, -0.05) is 54.6 Å². The maximum Gasteiger partial charge on any atom is 0.407 e. The van der Waals surface area contributed by atoms with Crippen molar-refractivity contribution in [3.8, 4) is 11.1 Å². The molecule has 1 heterocycles. The Labute approximate surface area is 190 Å². The van der Waals surface area contributed by atoms with E-state index in [2.05, 4.69) is 27.4 Å². The molecular weight excluding hydrogens is 418 g/mol. The van der Waals surface area contributed by atoms with Gasteiger partial charge in [-0.05, 0) is 39.9 Å². The molecule has 7 heteroatoms. The molecular formula is C26H21N3O4. The van der Waals surface area contributed by atoms with E-state index in [9.17, 15) is 14.7 Å². The number of benzene rings is 3. The van der Waals surface area contributed by atoms with Crippen LogP contribution in [0.2, 0.25) is 0 Å². The highest BCUT2D eigenvalue weighted by atomic mass is 16.5. The van der Waals surface area contributed by atoms with Crippen LogP contribution in [0.3, 0.4) is 0 Å². The molecule has 1 aliphatic carbocycles. The van der Waals surface area contributed by atoms with Gasteiger partial charge >= 0.3 is 12.1 Å². The minimum atomic E-state index is -1.14. The van der Waals surface area contributed by atoms with E-state index in [1.165, 1.54) is 0 Å². The van der Waals surface area contributed by atoms with Crippen molar-refractivity contribution >= 4 is 23.1 Å². The molecule has 5 rings (SSSR count). The van der Waals surface area contributed by atoms with E-state index in [0.29, 0.717) is 5.52 Å². The maximum atomic E-state index is 12.5. The summed E-state index contributed by atoms with van der Waals surface area (Å²) in [4.78, 5) is 32.8. The molecule has 1 unspecified atom stereocenters. The Morgan fingerprint density at radius 3 is 2.21 bits per heavy atom. The summed E-state index contributed by atoms with van der Waals surface area (Å²) in [5, 5.41) is 12.1. The number of carbonyl (C=O) groups excluding carboxylic acids is 1. The first-order valence-electron chi connectivity index (χ1n) is 10.6. The molecule has 0 aliphatic heterocycles. The second kappa shape index (κ2) is 8.70. The summed E-state index contributed by atoms with van der Waals surface area (Å²) in [6, 6.07) is 20.3. The molecule has 1 aliphatic rings. The van der Waals surface area contributed by atoms with Gasteiger partial charge in [-0.2, -0.15) is 0 Å². The van der Waals surface area contributed by atoms with Gasteiger partial charge in [-0.3, -0.25) is 9.97 Å². The van der Waals surface area contributed by atoms with Crippen LogP contribution in [0.15, 0.2) is 79.1 Å². The number of nitrogens with zero attached hydrogens (tertiary/aromatic N) is 2. The topological polar surface area (TPSA) is 101 Å². The van der Waals surface area contributed by atoms with Gasteiger partial charge in [0.1, 0.15) is 12.6 Å². The number of rotatable bonds is 6. The molecule has 1 aromatic heterocycles. The average Bonchev–Trinajstić information content (AvgIpc) is 3.16. The lowest BCUT2D eigenvalue weighted by Gasteiger charge is -2.17. The Bertz CT molecular complexity index is 1310. The predicted molar refractivity (Wildman–Crippen MR) is 123 cm³/mol. The van der Waals surface area contributed by atoms with Crippen molar-refractivity contribution in [2.45, 2.75) is 18.4 Å². The molecule has 164 valence electrons. The maximum absolute atomic E-state index is 12.5. The van der Waals surface area contributed by atoms with Crippen LogP contribution in [0, 0.1) is 0 Å². The second-order valence-electron chi connectivity index (χ2n) is 7.94. The van der Waals surface area contributed by atoms with Crippen LogP contribution < -0.4 is 5.32 Å². The van der Waals surface area contributed by atoms with E-state index in [-0.39, 0.29) is 18.9 Å². The van der Waals surface area contributed by atoms with E-state index < -0.39 is 18.1 Å². The molecule has 2 N–H and O–H groups in total. The Hall–Kier alpha value is -4.26. The number of carbonyl (C=O) groups is 2. The van der Waals surface area contributed by atoms with Crippen LogP contribution >= 0.6 is 0 Å². The standard InChI is InChI=1S/C26H21N3O4/c30-25(31)24(14-16-9-10-22-23(13-16)28-12-11-27-22)29-26(32)33-15-21-19-7-3-1-5-17(19)18-6-2-4-8-20(18)21/h1-13,21,24H,14-15H2,(H,29,32)(H,30,31). The Kier molecular flexibility index (Phi) is 5.44. The normalized spacial score (nSPS) is 13.2. The molecule has 0 saturated carbocycles. The highest BCUT2D eigenvalue weighted by Gasteiger charge is 2.29. The van der Waals surface area contributed by atoms with Gasteiger partial charge in [0.05, 0.1) is 11.0 Å². The van der Waals surface area contributed by atoms with E-state index in [4.69, 9.17) is 4.74 Å². The average molecular weight is 439 g/mol. The number of carboxylic acids is 1. The first kappa shape index (κ1) is 20.6. The molecule has 0 fully saturated rings. The lowest BCUT2D eigenvalue weighted by atomic mass is 9.98. The third kappa shape index (κ3) is 4.13. The fourth-order valence-electron chi connectivity index (χ4n) is 4.35. The highest BCUT2D eigenvalue weighted by molar-refractivity contribution is 5.82. The Balaban J connectivity index is 1.27. The lowest BCUT2D eigenvalue weighted by Crippen LogP contribution is -2.42. The third-order valence-corrected chi connectivity index (χ3v) is 5.91. The number of alkyl carbamates (subject to hydrolysis) is 1. The van der Waals surface area contributed by atoms with Crippen LogP contribution in [-0.4, -0.2) is 39.8 Å². The molecule has 0 saturated heterocycles. The zero-order valence-electron chi connectivity index (χ0n) is 17.6. The SMILES string of the molecule is O=C(NC(Cc1ccc2nccnc2c1)C(=O)O)OCC1c2ccccc2-c2ccccc21. The van der Waals surface area contributed by atoms with Crippen molar-refractivity contribution in [3.63, 3.8) is 0 Å². The fraction of sp³-hybridized carbons (Fsp3) is 0.154. The van der Waals surface area contributed by atoms with Gasteiger partial charge in [-0.25, -0.2) is 9.59 Å². The van der Waals surface area contributed by atoms with Gasteiger partial charge in [0.2, 0.25) is 0 Å². The number of aromatic nitrogens is 2. The minimum absolute atomic E-state index is 0.0921. The number of hydrogen-bond acceptors (Lipinski definition) is 5. The van der Waals surface area contributed by atoms with Gasteiger partial charge < -0.3 is 15.2 Å². The van der Waals surface area contributed by atoms with E-state index >= 15 is 0 Å². The molecule has 1 atom stereocenters. The first-order valence-corrected chi connectivity index (χ1v) is 10.6. The molecule has 0 bridgehead atoms. The highest BCUT2D eigenvalue weighted by Crippen LogP contribution is 2.44. The van der Waals surface area contributed by atoms with Gasteiger partial charge in [-0.15, -0.1) is 0 Å². The zero-order valence-corrected chi connectivity index (χ0v) is 17.6. The summed E-state index contributed by atoms with van der Waals surface area (Å²) < 4.78 is 5.49. The molecule has 0 spiro atoms.